The topological polar surface area (TPSA) is 94.5 Å². The summed E-state index contributed by atoms with van der Waals surface area (Å²) in [7, 11) is 1.32. The Bertz CT molecular complexity index is 1300. The first-order chi connectivity index (χ1) is 16.0. The number of methoxy groups -OCH3 is 1. The summed E-state index contributed by atoms with van der Waals surface area (Å²) in [5.74, 6) is -0.168. The van der Waals surface area contributed by atoms with Gasteiger partial charge in [-0.05, 0) is 59.7 Å². The number of nitro benzene ring substituents is 1. The van der Waals surface area contributed by atoms with E-state index in [9.17, 15) is 14.9 Å². The fourth-order valence-electron chi connectivity index (χ4n) is 3.83. The number of rotatable bonds is 8. The van der Waals surface area contributed by atoms with Crippen LogP contribution in [0.5, 0.6) is 5.75 Å². The molecule has 0 aliphatic heterocycles. The van der Waals surface area contributed by atoms with E-state index in [1.165, 1.54) is 13.2 Å². The zero-order valence-corrected chi connectivity index (χ0v) is 18.4. The van der Waals surface area contributed by atoms with Crippen molar-refractivity contribution in [1.82, 2.24) is 4.98 Å². The first-order valence-electron chi connectivity index (χ1n) is 10.6. The Morgan fingerprint density at radius 1 is 1.09 bits per heavy atom. The van der Waals surface area contributed by atoms with Crippen LogP contribution in [0, 0.1) is 10.1 Å². The summed E-state index contributed by atoms with van der Waals surface area (Å²) in [6.07, 6.45) is 1.89. The van der Waals surface area contributed by atoms with Gasteiger partial charge in [-0.2, -0.15) is 0 Å². The van der Waals surface area contributed by atoms with Crippen LogP contribution >= 0.6 is 0 Å². The van der Waals surface area contributed by atoms with Crippen molar-refractivity contribution in [2.45, 2.75) is 25.9 Å². The second-order valence-electron chi connectivity index (χ2n) is 7.78. The van der Waals surface area contributed by atoms with E-state index in [2.05, 4.69) is 4.98 Å². The Morgan fingerprint density at radius 3 is 2.61 bits per heavy atom. The SMILES string of the molecule is COC(=O)CCc1cc(-c2ccc3[nH]ccc3c2)c(OC(C)c2ccccc2)c([N+](=O)[O-])c1. The highest BCUT2D eigenvalue weighted by Crippen LogP contribution is 2.42. The van der Waals surface area contributed by atoms with Crippen molar-refractivity contribution in [2.75, 3.05) is 7.11 Å². The number of carbonyl (C=O) groups is 1. The number of nitrogens with zero attached hydrogens (tertiary/aromatic N) is 1. The normalized spacial score (nSPS) is 11.8. The van der Waals surface area contributed by atoms with Gasteiger partial charge in [0.25, 0.3) is 0 Å². The molecule has 1 atom stereocenters. The fraction of sp³-hybridized carbons (Fsp3) is 0.192. The van der Waals surface area contributed by atoms with Crippen molar-refractivity contribution in [2.24, 2.45) is 0 Å². The Morgan fingerprint density at radius 2 is 1.88 bits per heavy atom. The van der Waals surface area contributed by atoms with Gasteiger partial charge in [-0.3, -0.25) is 14.9 Å². The predicted molar refractivity (Wildman–Crippen MR) is 126 cm³/mol. The van der Waals surface area contributed by atoms with Crippen LogP contribution in [0.3, 0.4) is 0 Å². The maximum absolute atomic E-state index is 12.1. The zero-order valence-electron chi connectivity index (χ0n) is 18.4. The van der Waals surface area contributed by atoms with E-state index in [1.807, 2.05) is 73.8 Å². The van der Waals surface area contributed by atoms with Crippen molar-refractivity contribution >= 4 is 22.6 Å². The van der Waals surface area contributed by atoms with E-state index < -0.39 is 11.0 Å². The third kappa shape index (κ3) is 4.87. The number of hydrogen-bond donors (Lipinski definition) is 1. The predicted octanol–water partition coefficient (Wildman–Crippen LogP) is 5.99. The molecule has 0 saturated heterocycles. The third-order valence-corrected chi connectivity index (χ3v) is 5.60. The number of H-pyrrole nitrogens is 1. The van der Waals surface area contributed by atoms with Crippen LogP contribution in [0.15, 0.2) is 72.9 Å². The van der Waals surface area contributed by atoms with Crippen LogP contribution in [-0.2, 0) is 16.0 Å². The van der Waals surface area contributed by atoms with E-state index in [4.69, 9.17) is 9.47 Å². The third-order valence-electron chi connectivity index (χ3n) is 5.60. The number of carbonyl (C=O) groups excluding carboxylic acids is 1. The molecule has 1 aromatic heterocycles. The molecule has 3 aromatic carbocycles. The Balaban J connectivity index is 1.84. The first kappa shape index (κ1) is 22.1. The largest absolute Gasteiger partial charge is 0.478 e. The molecule has 4 rings (SSSR count). The maximum Gasteiger partial charge on any atom is 0.311 e. The van der Waals surface area contributed by atoms with E-state index in [0.717, 1.165) is 22.0 Å². The summed E-state index contributed by atoms with van der Waals surface area (Å²) >= 11 is 0. The molecule has 7 nitrogen and oxygen atoms in total. The highest BCUT2D eigenvalue weighted by Gasteiger charge is 2.25. The molecule has 168 valence electrons. The summed E-state index contributed by atoms with van der Waals surface area (Å²) in [6.45, 7) is 1.86. The lowest BCUT2D eigenvalue weighted by molar-refractivity contribution is -0.386. The molecule has 0 saturated carbocycles. The van der Waals surface area contributed by atoms with Crippen LogP contribution in [-0.4, -0.2) is 23.0 Å². The van der Waals surface area contributed by atoms with Crippen LogP contribution in [0.1, 0.15) is 30.6 Å². The number of hydrogen-bond acceptors (Lipinski definition) is 5. The molecule has 0 aliphatic rings. The number of esters is 1. The smallest absolute Gasteiger partial charge is 0.311 e. The van der Waals surface area contributed by atoms with Gasteiger partial charge in [0.1, 0.15) is 6.10 Å². The van der Waals surface area contributed by atoms with Gasteiger partial charge < -0.3 is 14.5 Å². The quantitative estimate of drug-likeness (QED) is 0.205. The number of nitro groups is 1. The molecule has 7 heteroatoms. The number of benzene rings is 3. The molecule has 1 N–H and O–H groups in total. The van der Waals surface area contributed by atoms with Crippen molar-refractivity contribution in [3.8, 4) is 16.9 Å². The molecule has 0 fully saturated rings. The lowest BCUT2D eigenvalue weighted by Crippen LogP contribution is -2.07. The highest BCUT2D eigenvalue weighted by molar-refractivity contribution is 5.87. The minimum atomic E-state index is -0.437. The molecule has 4 aromatic rings. The van der Waals surface area contributed by atoms with Crippen molar-refractivity contribution < 1.29 is 19.2 Å². The minimum Gasteiger partial charge on any atom is -0.478 e. The van der Waals surface area contributed by atoms with Gasteiger partial charge in [0.2, 0.25) is 5.75 Å². The molecule has 33 heavy (non-hydrogen) atoms. The summed E-state index contributed by atoms with van der Waals surface area (Å²) < 4.78 is 11.0. The molecule has 1 heterocycles. The Hall–Kier alpha value is -4.13. The number of fused-ring (bicyclic) bond motifs is 1. The first-order valence-corrected chi connectivity index (χ1v) is 10.6. The number of aromatic amines is 1. The molecular weight excluding hydrogens is 420 g/mol. The highest BCUT2D eigenvalue weighted by atomic mass is 16.6. The van der Waals surface area contributed by atoms with Gasteiger partial charge in [-0.1, -0.05) is 36.4 Å². The summed E-state index contributed by atoms with van der Waals surface area (Å²) in [5, 5.41) is 13.1. The van der Waals surface area contributed by atoms with E-state index in [-0.39, 0.29) is 23.8 Å². The summed E-state index contributed by atoms with van der Waals surface area (Å²) in [4.78, 5) is 26.4. The molecule has 0 radical (unpaired) electrons. The standard InChI is InChI=1S/C26H24N2O5/c1-17(19-6-4-3-5-7-19)33-26-22(20-9-10-23-21(16-20)12-13-27-23)14-18(8-11-25(29)32-2)15-24(26)28(30)31/h3-7,9-10,12-17,27H,8,11H2,1-2H3. The molecule has 0 aliphatic carbocycles. The lowest BCUT2D eigenvalue weighted by atomic mass is 9.97. The number of ether oxygens (including phenoxy) is 2. The average Bonchev–Trinajstić information content (AvgIpc) is 3.31. The van der Waals surface area contributed by atoms with Gasteiger partial charge in [-0.15, -0.1) is 0 Å². The van der Waals surface area contributed by atoms with Crippen molar-refractivity contribution in [3.63, 3.8) is 0 Å². The summed E-state index contributed by atoms with van der Waals surface area (Å²) in [6, 6.07) is 20.7. The van der Waals surface area contributed by atoms with Gasteiger partial charge >= 0.3 is 11.7 Å². The van der Waals surface area contributed by atoms with Gasteiger partial charge in [-0.25, -0.2) is 0 Å². The van der Waals surface area contributed by atoms with Gasteiger partial charge in [0.05, 0.1) is 12.0 Å². The van der Waals surface area contributed by atoms with Crippen LogP contribution in [0.4, 0.5) is 5.69 Å². The van der Waals surface area contributed by atoms with E-state index in [1.54, 1.807) is 0 Å². The lowest BCUT2D eigenvalue weighted by Gasteiger charge is -2.19. The second-order valence-corrected chi connectivity index (χ2v) is 7.78. The molecule has 0 spiro atoms. The van der Waals surface area contributed by atoms with Crippen LogP contribution in [0.25, 0.3) is 22.0 Å². The Kier molecular flexibility index (Phi) is 6.40. The fourth-order valence-corrected chi connectivity index (χ4v) is 3.83. The maximum atomic E-state index is 12.1. The van der Waals surface area contributed by atoms with Crippen LogP contribution < -0.4 is 4.74 Å². The van der Waals surface area contributed by atoms with Crippen molar-refractivity contribution in [3.05, 3.63) is 94.2 Å². The molecule has 1 unspecified atom stereocenters. The zero-order chi connectivity index (χ0) is 23.4. The second kappa shape index (κ2) is 9.56. The number of aryl methyl sites for hydroxylation is 1. The monoisotopic (exact) mass is 444 g/mol. The number of aromatic nitrogens is 1. The van der Waals surface area contributed by atoms with Crippen LogP contribution in [0.2, 0.25) is 0 Å². The Labute approximate surface area is 191 Å². The van der Waals surface area contributed by atoms with Gasteiger partial charge in [0, 0.05) is 29.8 Å². The molecule has 0 amide bonds. The molecule has 0 bridgehead atoms. The summed E-state index contributed by atoms with van der Waals surface area (Å²) in [5.41, 5.74) is 3.81. The van der Waals surface area contributed by atoms with Gasteiger partial charge in [0.15, 0.2) is 0 Å². The van der Waals surface area contributed by atoms with E-state index in [0.29, 0.717) is 17.5 Å². The van der Waals surface area contributed by atoms with E-state index >= 15 is 0 Å². The minimum absolute atomic E-state index is 0.130. The molecular formula is C26H24N2O5. The average molecular weight is 444 g/mol. The number of nitrogens with one attached hydrogen (secondary N) is 1. The van der Waals surface area contributed by atoms with Crippen molar-refractivity contribution in [1.29, 1.82) is 0 Å².